The monoisotopic (exact) mass is 365 g/mol. The van der Waals surface area contributed by atoms with E-state index >= 15 is 0 Å². The average molecular weight is 365 g/mol. The molecule has 0 radical (unpaired) electrons. The number of rotatable bonds is 2. The van der Waals surface area contributed by atoms with Gasteiger partial charge in [0.2, 0.25) is 0 Å². The highest BCUT2D eigenvalue weighted by Crippen LogP contribution is 2.27. The third-order valence-corrected chi connectivity index (χ3v) is 5.73. The molecule has 8 nitrogen and oxygen atoms in total. The highest BCUT2D eigenvalue weighted by atomic mass is 16.2. The SMILES string of the molecule is C[C@H]1CCc2[nH]nc(C(=O)N3CCN(c4ccc5nccn5n4)CC3)c2C1. The van der Waals surface area contributed by atoms with Crippen LogP contribution >= 0.6 is 0 Å². The van der Waals surface area contributed by atoms with E-state index in [-0.39, 0.29) is 5.91 Å². The zero-order valence-electron chi connectivity index (χ0n) is 15.4. The molecule has 1 N–H and O–H groups in total. The molecule has 1 atom stereocenters. The van der Waals surface area contributed by atoms with Crippen molar-refractivity contribution < 1.29 is 4.79 Å². The van der Waals surface area contributed by atoms with Crippen LogP contribution in [0.5, 0.6) is 0 Å². The predicted octanol–water partition coefficient (Wildman–Crippen LogP) is 1.54. The van der Waals surface area contributed by atoms with Crippen LogP contribution in [0.2, 0.25) is 0 Å². The zero-order chi connectivity index (χ0) is 18.4. The van der Waals surface area contributed by atoms with Gasteiger partial charge in [0.15, 0.2) is 11.3 Å². The number of aryl methyl sites for hydroxylation is 1. The molecule has 5 rings (SSSR count). The van der Waals surface area contributed by atoms with Crippen molar-refractivity contribution >= 4 is 17.4 Å². The van der Waals surface area contributed by atoms with Gasteiger partial charge in [0, 0.05) is 49.8 Å². The van der Waals surface area contributed by atoms with Gasteiger partial charge in [-0.05, 0) is 37.3 Å². The summed E-state index contributed by atoms with van der Waals surface area (Å²) in [5.41, 5.74) is 3.74. The molecule has 140 valence electrons. The number of carbonyl (C=O) groups excluding carboxylic acids is 1. The van der Waals surface area contributed by atoms with Gasteiger partial charge in [-0.3, -0.25) is 9.89 Å². The Morgan fingerprint density at radius 3 is 2.93 bits per heavy atom. The van der Waals surface area contributed by atoms with Gasteiger partial charge in [0.25, 0.3) is 5.91 Å². The van der Waals surface area contributed by atoms with E-state index in [0.29, 0.717) is 24.7 Å². The van der Waals surface area contributed by atoms with E-state index in [9.17, 15) is 4.79 Å². The fourth-order valence-electron chi connectivity index (χ4n) is 4.11. The second-order valence-corrected chi connectivity index (χ2v) is 7.58. The molecule has 1 fully saturated rings. The molecule has 3 aromatic rings. The number of imidazole rings is 1. The minimum absolute atomic E-state index is 0.0549. The Morgan fingerprint density at radius 1 is 1.22 bits per heavy atom. The molecule has 8 heteroatoms. The van der Waals surface area contributed by atoms with Crippen LogP contribution in [0.25, 0.3) is 5.65 Å². The first kappa shape index (κ1) is 16.3. The van der Waals surface area contributed by atoms with Crippen LogP contribution in [0, 0.1) is 5.92 Å². The third kappa shape index (κ3) is 2.85. The number of nitrogens with zero attached hydrogens (tertiary/aromatic N) is 6. The van der Waals surface area contributed by atoms with Gasteiger partial charge in [-0.2, -0.15) is 5.10 Å². The Kier molecular flexibility index (Phi) is 3.84. The first-order chi connectivity index (χ1) is 13.2. The lowest BCUT2D eigenvalue weighted by molar-refractivity contribution is 0.0739. The Labute approximate surface area is 157 Å². The number of fused-ring (bicyclic) bond motifs is 2. The maximum atomic E-state index is 13.0. The van der Waals surface area contributed by atoms with Gasteiger partial charge < -0.3 is 9.80 Å². The summed E-state index contributed by atoms with van der Waals surface area (Å²) in [4.78, 5) is 21.4. The van der Waals surface area contributed by atoms with Crippen LogP contribution in [0.3, 0.4) is 0 Å². The molecule has 4 heterocycles. The zero-order valence-corrected chi connectivity index (χ0v) is 15.4. The number of hydrogen-bond donors (Lipinski definition) is 1. The van der Waals surface area contributed by atoms with Crippen molar-refractivity contribution in [1.29, 1.82) is 0 Å². The van der Waals surface area contributed by atoms with Gasteiger partial charge in [0.1, 0.15) is 5.82 Å². The number of aromatic nitrogens is 5. The predicted molar refractivity (Wildman–Crippen MR) is 101 cm³/mol. The van der Waals surface area contributed by atoms with E-state index in [4.69, 9.17) is 0 Å². The average Bonchev–Trinajstić information content (AvgIpc) is 3.33. The second-order valence-electron chi connectivity index (χ2n) is 7.58. The topological polar surface area (TPSA) is 82.4 Å². The summed E-state index contributed by atoms with van der Waals surface area (Å²) in [6, 6.07) is 3.96. The fourth-order valence-corrected chi connectivity index (χ4v) is 4.11. The van der Waals surface area contributed by atoms with Gasteiger partial charge in [-0.15, -0.1) is 5.10 Å². The fraction of sp³-hybridized carbons (Fsp3) is 0.474. The Hall–Kier alpha value is -2.90. The molecular weight excluding hydrogens is 342 g/mol. The van der Waals surface area contributed by atoms with E-state index in [1.807, 2.05) is 23.2 Å². The summed E-state index contributed by atoms with van der Waals surface area (Å²) in [5, 5.41) is 12.1. The quantitative estimate of drug-likeness (QED) is 0.745. The summed E-state index contributed by atoms with van der Waals surface area (Å²) in [5.74, 6) is 1.58. The number of H-pyrrole nitrogens is 1. The Morgan fingerprint density at radius 2 is 2.07 bits per heavy atom. The molecule has 1 amide bonds. The number of aromatic amines is 1. The maximum Gasteiger partial charge on any atom is 0.274 e. The normalized spacial score (nSPS) is 20.1. The van der Waals surface area contributed by atoms with Gasteiger partial charge in [-0.1, -0.05) is 6.92 Å². The first-order valence-corrected chi connectivity index (χ1v) is 9.60. The summed E-state index contributed by atoms with van der Waals surface area (Å²) in [6.07, 6.45) is 6.69. The number of amides is 1. The van der Waals surface area contributed by atoms with Crippen LogP contribution in [0.15, 0.2) is 24.5 Å². The van der Waals surface area contributed by atoms with Crippen molar-refractivity contribution in [3.63, 3.8) is 0 Å². The van der Waals surface area contributed by atoms with Crippen molar-refractivity contribution in [1.82, 2.24) is 29.7 Å². The minimum Gasteiger partial charge on any atom is -0.352 e. The summed E-state index contributed by atoms with van der Waals surface area (Å²) >= 11 is 0. The number of nitrogens with one attached hydrogen (secondary N) is 1. The lowest BCUT2D eigenvalue weighted by Gasteiger charge is -2.35. The van der Waals surface area contributed by atoms with Gasteiger partial charge in [-0.25, -0.2) is 9.50 Å². The number of carbonyl (C=O) groups is 1. The van der Waals surface area contributed by atoms with Crippen molar-refractivity contribution in [2.75, 3.05) is 31.1 Å². The van der Waals surface area contributed by atoms with E-state index in [1.54, 1.807) is 10.7 Å². The Bertz CT molecular complexity index is 983. The summed E-state index contributed by atoms with van der Waals surface area (Å²) in [7, 11) is 0. The second kappa shape index (κ2) is 6.37. The molecule has 0 spiro atoms. The molecule has 27 heavy (non-hydrogen) atoms. The van der Waals surface area contributed by atoms with Gasteiger partial charge >= 0.3 is 0 Å². The molecule has 0 bridgehead atoms. The lowest BCUT2D eigenvalue weighted by atomic mass is 9.87. The molecule has 1 aliphatic carbocycles. The molecule has 3 aromatic heterocycles. The van der Waals surface area contributed by atoms with E-state index in [0.717, 1.165) is 55.1 Å². The van der Waals surface area contributed by atoms with Crippen LogP contribution in [-0.2, 0) is 12.8 Å². The highest BCUT2D eigenvalue weighted by molar-refractivity contribution is 5.94. The highest BCUT2D eigenvalue weighted by Gasteiger charge is 2.29. The van der Waals surface area contributed by atoms with Crippen LogP contribution in [-0.4, -0.2) is 61.8 Å². The molecule has 0 aromatic carbocycles. The third-order valence-electron chi connectivity index (χ3n) is 5.73. The van der Waals surface area contributed by atoms with Crippen molar-refractivity contribution in [2.45, 2.75) is 26.2 Å². The minimum atomic E-state index is 0.0549. The summed E-state index contributed by atoms with van der Waals surface area (Å²) in [6.45, 7) is 5.14. The molecule has 0 saturated carbocycles. The Balaban J connectivity index is 1.29. The smallest absolute Gasteiger partial charge is 0.274 e. The van der Waals surface area contributed by atoms with E-state index < -0.39 is 0 Å². The van der Waals surface area contributed by atoms with Gasteiger partial charge in [0.05, 0.1) is 0 Å². The largest absolute Gasteiger partial charge is 0.352 e. The number of hydrogen-bond acceptors (Lipinski definition) is 5. The van der Waals surface area contributed by atoms with E-state index in [2.05, 4.69) is 32.1 Å². The first-order valence-electron chi connectivity index (χ1n) is 9.60. The molecule has 1 aliphatic heterocycles. The van der Waals surface area contributed by atoms with Crippen LogP contribution in [0.1, 0.15) is 35.1 Å². The molecular formula is C19H23N7O. The standard InChI is InChI=1S/C19H23N7O/c1-13-2-3-15-14(12-13)18(22-21-15)19(27)25-10-8-24(9-11-25)17-5-4-16-20-6-7-26(16)23-17/h4-7,13H,2-3,8-12H2,1H3,(H,21,22)/t13-/m0/s1. The summed E-state index contributed by atoms with van der Waals surface area (Å²) < 4.78 is 1.78. The van der Waals surface area contributed by atoms with Crippen LogP contribution in [0.4, 0.5) is 5.82 Å². The van der Waals surface area contributed by atoms with E-state index in [1.165, 1.54) is 0 Å². The molecule has 0 unspecified atom stereocenters. The van der Waals surface area contributed by atoms with Crippen molar-refractivity contribution in [2.24, 2.45) is 5.92 Å². The van der Waals surface area contributed by atoms with Crippen molar-refractivity contribution in [3.8, 4) is 0 Å². The van der Waals surface area contributed by atoms with Crippen molar-refractivity contribution in [3.05, 3.63) is 41.5 Å². The maximum absolute atomic E-state index is 13.0. The number of piperazine rings is 1. The lowest BCUT2D eigenvalue weighted by Crippen LogP contribution is -2.49. The molecule has 2 aliphatic rings. The van der Waals surface area contributed by atoms with Crippen LogP contribution < -0.4 is 4.90 Å². The number of anilines is 1. The molecule has 1 saturated heterocycles.